The fourth-order valence-corrected chi connectivity index (χ4v) is 1.99. The van der Waals surface area contributed by atoms with Gasteiger partial charge >= 0.3 is 5.97 Å². The van der Waals surface area contributed by atoms with Crippen LogP contribution in [0.25, 0.3) is 0 Å². The zero-order valence-electron chi connectivity index (χ0n) is 8.21. The highest BCUT2D eigenvalue weighted by molar-refractivity contribution is 5.76. The van der Waals surface area contributed by atoms with Gasteiger partial charge < -0.3 is 10.1 Å². The minimum Gasteiger partial charge on any atom is -0.481 e. The SMILES string of the molecule is CCc1nc2c([nH]1)CCCC2C(=O)O. The van der Waals surface area contributed by atoms with Crippen LogP contribution in [0.1, 0.15) is 42.9 Å². The van der Waals surface area contributed by atoms with E-state index in [2.05, 4.69) is 9.97 Å². The molecule has 1 heterocycles. The van der Waals surface area contributed by atoms with Crippen molar-refractivity contribution in [2.75, 3.05) is 0 Å². The van der Waals surface area contributed by atoms with Gasteiger partial charge in [0, 0.05) is 12.1 Å². The molecule has 0 saturated carbocycles. The Balaban J connectivity index is 2.38. The van der Waals surface area contributed by atoms with Gasteiger partial charge in [-0.15, -0.1) is 0 Å². The minimum absolute atomic E-state index is 0.393. The Kier molecular flexibility index (Phi) is 2.27. The van der Waals surface area contributed by atoms with E-state index in [1.807, 2.05) is 6.92 Å². The lowest BCUT2D eigenvalue weighted by atomic mass is 9.90. The third-order valence-electron chi connectivity index (χ3n) is 2.74. The molecule has 1 aliphatic carbocycles. The lowest BCUT2D eigenvalue weighted by Gasteiger charge is -2.16. The number of imidazole rings is 1. The summed E-state index contributed by atoms with van der Waals surface area (Å²) in [5.41, 5.74) is 1.79. The first-order chi connectivity index (χ1) is 6.72. The van der Waals surface area contributed by atoms with Crippen LogP contribution in [-0.4, -0.2) is 21.0 Å². The molecule has 4 heteroatoms. The summed E-state index contributed by atoms with van der Waals surface area (Å²) in [6, 6.07) is 0. The van der Waals surface area contributed by atoms with Crippen molar-refractivity contribution in [1.29, 1.82) is 0 Å². The van der Waals surface area contributed by atoms with E-state index in [-0.39, 0.29) is 0 Å². The predicted molar refractivity (Wildman–Crippen MR) is 51.3 cm³/mol. The maximum atomic E-state index is 11.0. The van der Waals surface area contributed by atoms with Crippen molar-refractivity contribution in [1.82, 2.24) is 9.97 Å². The van der Waals surface area contributed by atoms with Crippen LogP contribution in [0, 0.1) is 0 Å². The summed E-state index contributed by atoms with van der Waals surface area (Å²) in [6.45, 7) is 2.01. The topological polar surface area (TPSA) is 66.0 Å². The Morgan fingerprint density at radius 3 is 3.14 bits per heavy atom. The first kappa shape index (κ1) is 9.24. The van der Waals surface area contributed by atoms with Gasteiger partial charge in [0.25, 0.3) is 0 Å². The number of carboxylic acids is 1. The van der Waals surface area contributed by atoms with Crippen LogP contribution in [0.3, 0.4) is 0 Å². The van der Waals surface area contributed by atoms with E-state index in [4.69, 9.17) is 5.11 Å². The molecule has 0 aliphatic heterocycles. The quantitative estimate of drug-likeness (QED) is 0.749. The van der Waals surface area contributed by atoms with Gasteiger partial charge in [-0.1, -0.05) is 6.92 Å². The summed E-state index contributed by atoms with van der Waals surface area (Å²) in [4.78, 5) is 18.5. The second kappa shape index (κ2) is 3.44. The molecular formula is C10H14N2O2. The molecule has 4 nitrogen and oxygen atoms in total. The number of carbonyl (C=O) groups is 1. The predicted octanol–water partition coefficient (Wildman–Crippen LogP) is 1.48. The summed E-state index contributed by atoms with van der Waals surface area (Å²) in [7, 11) is 0. The molecule has 76 valence electrons. The van der Waals surface area contributed by atoms with Gasteiger partial charge in [0.2, 0.25) is 0 Å². The smallest absolute Gasteiger partial charge is 0.312 e. The summed E-state index contributed by atoms with van der Waals surface area (Å²) in [6.07, 6.45) is 3.43. The van der Waals surface area contributed by atoms with Crippen LogP contribution < -0.4 is 0 Å². The maximum Gasteiger partial charge on any atom is 0.312 e. The van der Waals surface area contributed by atoms with E-state index in [1.165, 1.54) is 0 Å². The Morgan fingerprint density at radius 2 is 2.50 bits per heavy atom. The molecule has 14 heavy (non-hydrogen) atoms. The Bertz CT molecular complexity index is 357. The highest BCUT2D eigenvalue weighted by atomic mass is 16.4. The zero-order valence-corrected chi connectivity index (χ0v) is 8.21. The van der Waals surface area contributed by atoms with E-state index < -0.39 is 11.9 Å². The van der Waals surface area contributed by atoms with Crippen LogP contribution in [0.2, 0.25) is 0 Å². The molecule has 0 spiro atoms. The number of aryl methyl sites for hydroxylation is 2. The number of carboxylic acid groups (broad SMARTS) is 1. The number of H-pyrrole nitrogens is 1. The number of hydrogen-bond donors (Lipinski definition) is 2. The molecule has 1 unspecified atom stereocenters. The molecule has 1 aromatic heterocycles. The average Bonchev–Trinajstić information content (AvgIpc) is 2.59. The normalized spacial score (nSPS) is 20.5. The van der Waals surface area contributed by atoms with Gasteiger partial charge in [-0.25, -0.2) is 4.98 Å². The molecule has 0 fully saturated rings. The molecule has 0 saturated heterocycles. The minimum atomic E-state index is -0.750. The van der Waals surface area contributed by atoms with Gasteiger partial charge in [-0.3, -0.25) is 4.79 Å². The Hall–Kier alpha value is -1.32. The van der Waals surface area contributed by atoms with Gasteiger partial charge in [0.1, 0.15) is 11.7 Å². The monoisotopic (exact) mass is 194 g/mol. The lowest BCUT2D eigenvalue weighted by molar-refractivity contribution is -0.139. The van der Waals surface area contributed by atoms with Crippen molar-refractivity contribution in [3.8, 4) is 0 Å². The van der Waals surface area contributed by atoms with Crippen molar-refractivity contribution in [2.45, 2.75) is 38.5 Å². The molecular weight excluding hydrogens is 180 g/mol. The van der Waals surface area contributed by atoms with Gasteiger partial charge in [0.05, 0.1) is 5.69 Å². The van der Waals surface area contributed by atoms with Crippen LogP contribution in [0.4, 0.5) is 0 Å². The molecule has 1 aromatic rings. The number of aromatic amines is 1. The van der Waals surface area contributed by atoms with Crippen LogP contribution >= 0.6 is 0 Å². The third-order valence-corrected chi connectivity index (χ3v) is 2.74. The Labute approximate surface area is 82.4 Å². The first-order valence-corrected chi connectivity index (χ1v) is 5.02. The second-order valence-electron chi connectivity index (χ2n) is 3.68. The van der Waals surface area contributed by atoms with E-state index >= 15 is 0 Å². The number of aromatic nitrogens is 2. The van der Waals surface area contributed by atoms with Crippen molar-refractivity contribution in [3.05, 3.63) is 17.2 Å². The largest absolute Gasteiger partial charge is 0.481 e. The number of hydrogen-bond acceptors (Lipinski definition) is 2. The van der Waals surface area contributed by atoms with Crippen molar-refractivity contribution in [2.24, 2.45) is 0 Å². The molecule has 0 amide bonds. The van der Waals surface area contributed by atoms with E-state index in [0.717, 1.165) is 42.9 Å². The number of nitrogens with zero attached hydrogens (tertiary/aromatic N) is 1. The maximum absolute atomic E-state index is 11.0. The molecule has 0 aromatic carbocycles. The molecule has 0 radical (unpaired) electrons. The number of rotatable bonds is 2. The van der Waals surface area contributed by atoms with Crippen molar-refractivity contribution < 1.29 is 9.90 Å². The average molecular weight is 194 g/mol. The number of aliphatic carboxylic acids is 1. The lowest BCUT2D eigenvalue weighted by Crippen LogP contribution is -2.17. The summed E-state index contributed by atoms with van der Waals surface area (Å²) >= 11 is 0. The third kappa shape index (κ3) is 1.41. The van der Waals surface area contributed by atoms with Crippen molar-refractivity contribution in [3.63, 3.8) is 0 Å². The van der Waals surface area contributed by atoms with E-state index in [1.54, 1.807) is 0 Å². The number of nitrogens with one attached hydrogen (secondary N) is 1. The molecule has 2 N–H and O–H groups in total. The van der Waals surface area contributed by atoms with Gasteiger partial charge in [-0.2, -0.15) is 0 Å². The summed E-state index contributed by atoms with van der Waals surface area (Å²) < 4.78 is 0. The van der Waals surface area contributed by atoms with Crippen LogP contribution in [-0.2, 0) is 17.6 Å². The van der Waals surface area contributed by atoms with Crippen LogP contribution in [0.5, 0.6) is 0 Å². The molecule has 1 atom stereocenters. The fraction of sp³-hybridized carbons (Fsp3) is 0.600. The standard InChI is InChI=1S/C10H14N2O2/c1-2-8-11-7-5-3-4-6(10(13)14)9(7)12-8/h6H,2-5H2,1H3,(H,11,12)(H,13,14). The fourth-order valence-electron chi connectivity index (χ4n) is 1.99. The van der Waals surface area contributed by atoms with Crippen molar-refractivity contribution >= 4 is 5.97 Å². The summed E-state index contributed by atoms with van der Waals surface area (Å²) in [5, 5.41) is 9.01. The van der Waals surface area contributed by atoms with E-state index in [0.29, 0.717) is 0 Å². The molecule has 1 aliphatic rings. The molecule has 2 rings (SSSR count). The van der Waals surface area contributed by atoms with Crippen LogP contribution in [0.15, 0.2) is 0 Å². The number of fused-ring (bicyclic) bond motifs is 1. The van der Waals surface area contributed by atoms with E-state index in [9.17, 15) is 4.79 Å². The van der Waals surface area contributed by atoms with Gasteiger partial charge in [-0.05, 0) is 19.3 Å². The first-order valence-electron chi connectivity index (χ1n) is 5.02. The highest BCUT2D eigenvalue weighted by Gasteiger charge is 2.29. The highest BCUT2D eigenvalue weighted by Crippen LogP contribution is 2.30. The molecule has 0 bridgehead atoms. The van der Waals surface area contributed by atoms with Gasteiger partial charge in [0.15, 0.2) is 0 Å². The zero-order chi connectivity index (χ0) is 10.1. The second-order valence-corrected chi connectivity index (χ2v) is 3.68. The summed E-state index contributed by atoms with van der Waals surface area (Å²) in [5.74, 6) is -0.237. The Morgan fingerprint density at radius 1 is 1.71 bits per heavy atom.